The molecule has 0 unspecified atom stereocenters. The van der Waals surface area contributed by atoms with Gasteiger partial charge in [-0.2, -0.15) is 8.42 Å². The molecule has 2 aromatic rings. The summed E-state index contributed by atoms with van der Waals surface area (Å²) >= 11 is 1.46. The Morgan fingerprint density at radius 1 is 1.38 bits per heavy atom. The third-order valence-corrected chi connectivity index (χ3v) is 5.01. The van der Waals surface area contributed by atoms with Crippen molar-refractivity contribution in [3.05, 3.63) is 47.0 Å². The number of rotatable bonds is 6. The Balaban J connectivity index is 1.49. The Morgan fingerprint density at radius 2 is 2.08 bits per heavy atom. The van der Waals surface area contributed by atoms with E-state index in [1.54, 1.807) is 12.1 Å². The number of thiazole rings is 1. The maximum absolute atomic E-state index is 12.0. The van der Waals surface area contributed by atoms with E-state index in [-0.39, 0.29) is 12.0 Å². The summed E-state index contributed by atoms with van der Waals surface area (Å²) in [6.07, 6.45) is 0.733. The van der Waals surface area contributed by atoms with Gasteiger partial charge in [-0.05, 0) is 12.1 Å². The van der Waals surface area contributed by atoms with Crippen molar-refractivity contribution in [1.82, 2.24) is 10.3 Å². The first kappa shape index (κ1) is 16.9. The lowest BCUT2D eigenvalue weighted by Gasteiger charge is -2.37. The van der Waals surface area contributed by atoms with Gasteiger partial charge in [-0.15, -0.1) is 11.3 Å². The van der Waals surface area contributed by atoms with E-state index >= 15 is 0 Å². The largest absolute Gasteiger partial charge is 0.346 e. The van der Waals surface area contributed by atoms with E-state index in [1.165, 1.54) is 11.3 Å². The molecule has 0 atom stereocenters. The molecule has 0 radical (unpaired) electrons. The molecule has 0 spiro atoms. The molecule has 1 fully saturated rings. The summed E-state index contributed by atoms with van der Waals surface area (Å²) in [5, 5.41) is 5.50. The number of nitrogens with zero attached hydrogens (tertiary/aromatic N) is 2. The predicted molar refractivity (Wildman–Crippen MR) is 91.7 cm³/mol. The topological polar surface area (TPSA) is 88.6 Å². The molecule has 9 heteroatoms. The van der Waals surface area contributed by atoms with E-state index in [9.17, 15) is 13.2 Å². The monoisotopic (exact) mass is 367 g/mol. The zero-order chi connectivity index (χ0) is 17.2. The molecule has 0 aliphatic carbocycles. The zero-order valence-corrected chi connectivity index (χ0v) is 14.6. The van der Waals surface area contributed by atoms with Crippen molar-refractivity contribution in [3.63, 3.8) is 0 Å². The smallest absolute Gasteiger partial charge is 0.264 e. The molecule has 7 nitrogen and oxygen atoms in total. The Hall–Kier alpha value is -1.97. The second kappa shape index (κ2) is 6.88. The molecule has 1 amide bonds. The van der Waals surface area contributed by atoms with Crippen molar-refractivity contribution >= 4 is 32.5 Å². The van der Waals surface area contributed by atoms with Crippen LogP contribution in [0.2, 0.25) is 0 Å². The van der Waals surface area contributed by atoms with Crippen LogP contribution < -0.4 is 10.2 Å². The molecule has 128 valence electrons. The lowest BCUT2D eigenvalue weighted by Crippen LogP contribution is -2.53. The number of carbonyl (C=O) groups excluding carboxylic acids is 1. The van der Waals surface area contributed by atoms with Crippen molar-refractivity contribution < 1.29 is 17.4 Å². The van der Waals surface area contributed by atoms with Crippen LogP contribution in [0.15, 0.2) is 35.7 Å². The first-order valence-corrected chi connectivity index (χ1v) is 10.0. The quantitative estimate of drug-likeness (QED) is 0.773. The third kappa shape index (κ3) is 4.31. The van der Waals surface area contributed by atoms with Gasteiger partial charge in [0.2, 0.25) is 0 Å². The Bertz CT molecular complexity index is 814. The van der Waals surface area contributed by atoms with Gasteiger partial charge in [-0.3, -0.25) is 8.98 Å². The zero-order valence-electron chi connectivity index (χ0n) is 13.0. The average molecular weight is 367 g/mol. The van der Waals surface area contributed by atoms with Gasteiger partial charge in [0.1, 0.15) is 6.10 Å². The molecule has 1 aliphatic heterocycles. The minimum Gasteiger partial charge on any atom is -0.346 e. The average Bonchev–Trinajstić information content (AvgIpc) is 2.96. The highest BCUT2D eigenvalue weighted by Gasteiger charge is 2.32. The molecule has 0 saturated carbocycles. The molecule has 1 aromatic heterocycles. The van der Waals surface area contributed by atoms with Gasteiger partial charge < -0.3 is 10.2 Å². The minimum absolute atomic E-state index is 0.143. The van der Waals surface area contributed by atoms with Crippen LogP contribution in [-0.2, 0) is 20.8 Å². The van der Waals surface area contributed by atoms with Crippen molar-refractivity contribution in [2.24, 2.45) is 0 Å². The van der Waals surface area contributed by atoms with Gasteiger partial charge in [-0.25, -0.2) is 4.98 Å². The number of amides is 1. The van der Waals surface area contributed by atoms with Gasteiger partial charge in [0.05, 0.1) is 18.5 Å². The molecule has 0 bridgehead atoms. The highest BCUT2D eigenvalue weighted by Crippen LogP contribution is 2.26. The van der Waals surface area contributed by atoms with Gasteiger partial charge in [-0.1, -0.05) is 18.2 Å². The van der Waals surface area contributed by atoms with Crippen LogP contribution in [0.25, 0.3) is 0 Å². The Kier molecular flexibility index (Phi) is 4.83. The van der Waals surface area contributed by atoms with Crippen LogP contribution in [0.5, 0.6) is 0 Å². The summed E-state index contributed by atoms with van der Waals surface area (Å²) in [7, 11) is -3.42. The van der Waals surface area contributed by atoms with E-state index in [2.05, 4.69) is 10.3 Å². The standard InChI is InChI=1S/C15H17N3O4S2/c1-24(20,21)22-13-8-18(9-13)15-17-12(10-23-15)7-16-14(19)11-5-3-2-4-6-11/h2-6,10,13H,7-9H2,1H3,(H,16,19). The van der Waals surface area contributed by atoms with Crippen molar-refractivity contribution in [1.29, 1.82) is 0 Å². The SMILES string of the molecule is CS(=O)(=O)OC1CN(c2nc(CNC(=O)c3ccccc3)cs2)C1. The number of aromatic nitrogens is 1. The normalized spacial score (nSPS) is 15.1. The summed E-state index contributed by atoms with van der Waals surface area (Å²) in [5.41, 5.74) is 1.38. The van der Waals surface area contributed by atoms with Crippen LogP contribution in [0.4, 0.5) is 5.13 Å². The summed E-state index contributed by atoms with van der Waals surface area (Å²) in [4.78, 5) is 18.4. The second-order valence-corrected chi connectivity index (χ2v) is 7.93. The molecule has 3 rings (SSSR count). The second-order valence-electron chi connectivity index (χ2n) is 5.50. The van der Waals surface area contributed by atoms with Gasteiger partial charge >= 0.3 is 0 Å². The van der Waals surface area contributed by atoms with E-state index < -0.39 is 10.1 Å². The fourth-order valence-corrected chi connectivity index (χ4v) is 3.75. The van der Waals surface area contributed by atoms with Crippen molar-refractivity contribution in [2.45, 2.75) is 12.6 Å². The molecule has 2 heterocycles. The van der Waals surface area contributed by atoms with Crippen LogP contribution in [0, 0.1) is 0 Å². The number of nitrogens with one attached hydrogen (secondary N) is 1. The maximum atomic E-state index is 12.0. The lowest BCUT2D eigenvalue weighted by atomic mass is 10.2. The maximum Gasteiger partial charge on any atom is 0.264 e. The fourth-order valence-electron chi connectivity index (χ4n) is 2.29. The number of anilines is 1. The molecule has 1 saturated heterocycles. The van der Waals surface area contributed by atoms with Crippen LogP contribution in [0.3, 0.4) is 0 Å². The number of benzene rings is 1. The van der Waals surface area contributed by atoms with Crippen LogP contribution in [0.1, 0.15) is 16.1 Å². The van der Waals surface area contributed by atoms with E-state index in [4.69, 9.17) is 4.18 Å². The number of hydrogen-bond donors (Lipinski definition) is 1. The van der Waals surface area contributed by atoms with E-state index in [0.29, 0.717) is 25.2 Å². The molecule has 1 N–H and O–H groups in total. The van der Waals surface area contributed by atoms with Gasteiger partial charge in [0, 0.05) is 24.0 Å². The summed E-state index contributed by atoms with van der Waals surface area (Å²) in [5.74, 6) is -0.143. The van der Waals surface area contributed by atoms with Crippen LogP contribution >= 0.6 is 11.3 Å². The van der Waals surface area contributed by atoms with Gasteiger partial charge in [0.25, 0.3) is 16.0 Å². The predicted octanol–water partition coefficient (Wildman–Crippen LogP) is 1.24. The minimum atomic E-state index is -3.42. The third-order valence-electron chi connectivity index (χ3n) is 3.44. The molecule has 1 aliphatic rings. The Labute approximate surface area is 144 Å². The Morgan fingerprint density at radius 3 is 2.75 bits per heavy atom. The molecule has 24 heavy (non-hydrogen) atoms. The first-order chi connectivity index (χ1) is 11.4. The highest BCUT2D eigenvalue weighted by molar-refractivity contribution is 7.86. The van der Waals surface area contributed by atoms with Gasteiger partial charge in [0.15, 0.2) is 5.13 Å². The number of carbonyl (C=O) groups is 1. The first-order valence-electron chi connectivity index (χ1n) is 7.31. The fraction of sp³-hybridized carbons (Fsp3) is 0.333. The molecule has 1 aromatic carbocycles. The summed E-state index contributed by atoms with van der Waals surface area (Å²) in [6.45, 7) is 1.34. The van der Waals surface area contributed by atoms with Crippen molar-refractivity contribution in [3.8, 4) is 0 Å². The summed E-state index contributed by atoms with van der Waals surface area (Å²) < 4.78 is 27.0. The highest BCUT2D eigenvalue weighted by atomic mass is 32.2. The van der Waals surface area contributed by atoms with Crippen LogP contribution in [-0.4, -0.2) is 44.8 Å². The van der Waals surface area contributed by atoms with E-state index in [1.807, 2.05) is 28.5 Å². The number of hydrogen-bond acceptors (Lipinski definition) is 7. The van der Waals surface area contributed by atoms with Crippen molar-refractivity contribution in [2.75, 3.05) is 24.2 Å². The van der Waals surface area contributed by atoms with E-state index in [0.717, 1.165) is 17.1 Å². The summed E-state index contributed by atoms with van der Waals surface area (Å²) in [6, 6.07) is 8.99. The molecular weight excluding hydrogens is 350 g/mol. The molecular formula is C15H17N3O4S2. The lowest BCUT2D eigenvalue weighted by molar-refractivity contribution is 0.0950.